The summed E-state index contributed by atoms with van der Waals surface area (Å²) >= 11 is 0. The highest BCUT2D eigenvalue weighted by Crippen LogP contribution is 2.29. The summed E-state index contributed by atoms with van der Waals surface area (Å²) < 4.78 is 66.4. The van der Waals surface area contributed by atoms with Gasteiger partial charge in [-0.3, -0.25) is 4.98 Å². The van der Waals surface area contributed by atoms with E-state index in [1.807, 2.05) is 0 Å². The molecule has 2 heterocycles. The summed E-state index contributed by atoms with van der Waals surface area (Å²) in [5.74, 6) is -2.76. The molecule has 1 unspecified atom stereocenters. The first-order chi connectivity index (χ1) is 12.7. The van der Waals surface area contributed by atoms with Crippen LogP contribution in [0.2, 0.25) is 0 Å². The number of benzene rings is 1. The van der Waals surface area contributed by atoms with E-state index in [0.717, 1.165) is 28.7 Å². The Morgan fingerprint density at radius 2 is 2.04 bits per heavy atom. The molecule has 2 N–H and O–H groups in total. The van der Waals surface area contributed by atoms with E-state index in [-0.39, 0.29) is 22.8 Å². The maximum absolute atomic E-state index is 14.3. The van der Waals surface area contributed by atoms with Crippen LogP contribution >= 0.6 is 0 Å². The number of hydrogen-bond donors (Lipinski definition) is 1. The van der Waals surface area contributed by atoms with Gasteiger partial charge in [0.2, 0.25) is 16.0 Å². The molecule has 0 bridgehead atoms. The zero-order valence-corrected chi connectivity index (χ0v) is 14.9. The lowest BCUT2D eigenvalue weighted by Crippen LogP contribution is -2.45. The Kier molecular flexibility index (Phi) is 4.92. The van der Waals surface area contributed by atoms with Gasteiger partial charge in [0.25, 0.3) is 0 Å². The first-order valence-corrected chi connectivity index (χ1v) is 9.37. The minimum absolute atomic E-state index is 0.0248. The van der Waals surface area contributed by atoms with Gasteiger partial charge < -0.3 is 5.73 Å². The summed E-state index contributed by atoms with van der Waals surface area (Å²) in [4.78, 5) is 7.64. The molecule has 1 atom stereocenters. The second-order valence-corrected chi connectivity index (χ2v) is 7.93. The van der Waals surface area contributed by atoms with Gasteiger partial charge in [0, 0.05) is 12.6 Å². The van der Waals surface area contributed by atoms with Crippen molar-refractivity contribution < 1.29 is 21.6 Å². The Morgan fingerprint density at radius 1 is 1.30 bits per heavy atom. The molecule has 0 aliphatic carbocycles. The molecule has 27 heavy (non-hydrogen) atoms. The lowest BCUT2D eigenvalue weighted by molar-refractivity contribution is 0.525. The Bertz CT molecular complexity index is 1040. The lowest BCUT2D eigenvalue weighted by Gasteiger charge is -2.27. The molecule has 0 saturated carbocycles. The van der Waals surface area contributed by atoms with E-state index >= 15 is 0 Å². The predicted molar refractivity (Wildman–Crippen MR) is 95.5 cm³/mol. The predicted octanol–water partition coefficient (Wildman–Crippen LogP) is 2.46. The topological polar surface area (TPSA) is 88.7 Å². The van der Waals surface area contributed by atoms with Crippen LogP contribution in [0, 0.1) is 11.6 Å². The number of nitrogens with zero attached hydrogens (tertiary/aromatic N) is 3. The van der Waals surface area contributed by atoms with Crippen molar-refractivity contribution in [3.05, 3.63) is 65.0 Å². The molecule has 1 aromatic carbocycles. The van der Waals surface area contributed by atoms with Crippen molar-refractivity contribution in [1.29, 1.82) is 0 Å². The fraction of sp³-hybridized carbons (Fsp3) is 0.176. The fourth-order valence-corrected chi connectivity index (χ4v) is 3.74. The minimum atomic E-state index is -3.73. The van der Waals surface area contributed by atoms with E-state index in [1.54, 1.807) is 0 Å². The number of hydrogen-bond acceptors (Lipinski definition) is 5. The molecule has 0 fully saturated rings. The number of nitrogens with two attached hydrogens (primary N) is 1. The fourth-order valence-electron chi connectivity index (χ4n) is 2.54. The van der Waals surface area contributed by atoms with E-state index in [0.29, 0.717) is 0 Å². The maximum atomic E-state index is 14.3. The van der Waals surface area contributed by atoms with Crippen molar-refractivity contribution in [3.63, 3.8) is 0 Å². The Labute approximate surface area is 153 Å². The van der Waals surface area contributed by atoms with Gasteiger partial charge in [0.15, 0.2) is 0 Å². The molecule has 6 nitrogen and oxygen atoms in total. The highest BCUT2D eigenvalue weighted by Gasteiger charge is 2.32. The molecule has 142 valence electrons. The van der Waals surface area contributed by atoms with Gasteiger partial charge in [-0.15, -0.1) is 0 Å². The van der Waals surface area contributed by atoms with Crippen molar-refractivity contribution in [2.24, 2.45) is 10.7 Å². The quantitative estimate of drug-likeness (QED) is 0.863. The molecule has 1 aliphatic rings. The smallest absolute Gasteiger partial charge is 0.239 e. The van der Waals surface area contributed by atoms with E-state index in [2.05, 4.69) is 9.98 Å². The number of aliphatic imine (C=N–C) groups is 1. The van der Waals surface area contributed by atoms with Crippen molar-refractivity contribution in [3.8, 4) is 0 Å². The third-order valence-electron chi connectivity index (χ3n) is 4.04. The number of guanidine groups is 1. The van der Waals surface area contributed by atoms with Gasteiger partial charge in [0.05, 0.1) is 23.7 Å². The average Bonchev–Trinajstić information content (AvgIpc) is 2.61. The van der Waals surface area contributed by atoms with Crippen LogP contribution in [0.5, 0.6) is 0 Å². The van der Waals surface area contributed by atoms with Gasteiger partial charge in [-0.1, -0.05) is 6.07 Å². The molecular formula is C17H15F3N4O2S. The summed E-state index contributed by atoms with van der Waals surface area (Å²) in [6.07, 6.45) is 1.96. The number of rotatable bonds is 3. The second-order valence-electron chi connectivity index (χ2n) is 5.88. The highest BCUT2D eigenvalue weighted by atomic mass is 32.2. The Hall–Kier alpha value is -2.88. The number of aromatic nitrogens is 1. The molecule has 10 heteroatoms. The summed E-state index contributed by atoms with van der Waals surface area (Å²) in [5, 5.41) is 0. The standard InChI is InChI=1S/C17H15F3N4O2S/c1-24-17(21)23-16(9-27(24,25)26)12-6-10(2-4-13(12)19)7-14(20)15-5-3-11(18)8-22-15/h2-8,16H,9H2,1H3,(H2,21,23)/b14-7-. The van der Waals surface area contributed by atoms with Crippen molar-refractivity contribution in [2.75, 3.05) is 12.8 Å². The molecule has 2 aromatic rings. The van der Waals surface area contributed by atoms with Crippen LogP contribution in [-0.4, -0.2) is 36.5 Å². The van der Waals surface area contributed by atoms with Gasteiger partial charge in [-0.05, 0) is 35.9 Å². The van der Waals surface area contributed by atoms with Crippen LogP contribution in [0.15, 0.2) is 41.5 Å². The normalized spacial score (nSPS) is 19.7. The van der Waals surface area contributed by atoms with Crippen LogP contribution in [-0.2, 0) is 10.0 Å². The van der Waals surface area contributed by atoms with Gasteiger partial charge in [-0.2, -0.15) is 0 Å². The monoisotopic (exact) mass is 396 g/mol. The van der Waals surface area contributed by atoms with E-state index < -0.39 is 39.3 Å². The number of pyridine rings is 1. The van der Waals surface area contributed by atoms with E-state index in [4.69, 9.17) is 5.73 Å². The summed E-state index contributed by atoms with van der Waals surface area (Å²) in [5.41, 5.74) is 5.75. The second kappa shape index (κ2) is 7.03. The molecule has 1 aromatic heterocycles. The molecule has 0 spiro atoms. The Balaban J connectivity index is 1.98. The number of halogens is 3. The molecule has 0 radical (unpaired) electrons. The average molecular weight is 396 g/mol. The third kappa shape index (κ3) is 3.95. The Morgan fingerprint density at radius 3 is 2.67 bits per heavy atom. The zero-order valence-electron chi connectivity index (χ0n) is 14.1. The van der Waals surface area contributed by atoms with Crippen LogP contribution in [0.3, 0.4) is 0 Å². The van der Waals surface area contributed by atoms with E-state index in [9.17, 15) is 21.6 Å². The van der Waals surface area contributed by atoms with Gasteiger partial charge in [0.1, 0.15) is 17.5 Å². The van der Waals surface area contributed by atoms with Crippen LogP contribution in [0.1, 0.15) is 22.9 Å². The van der Waals surface area contributed by atoms with Crippen LogP contribution in [0.25, 0.3) is 11.9 Å². The largest absolute Gasteiger partial charge is 0.369 e. The van der Waals surface area contributed by atoms with Gasteiger partial charge in [-0.25, -0.2) is 30.9 Å². The maximum Gasteiger partial charge on any atom is 0.239 e. The molecule has 1 aliphatic heterocycles. The van der Waals surface area contributed by atoms with Crippen LogP contribution in [0.4, 0.5) is 13.2 Å². The first kappa shape index (κ1) is 18.9. The van der Waals surface area contributed by atoms with Crippen LogP contribution < -0.4 is 5.73 Å². The van der Waals surface area contributed by atoms with Crippen molar-refractivity contribution in [2.45, 2.75) is 6.04 Å². The van der Waals surface area contributed by atoms with E-state index in [1.165, 1.54) is 25.2 Å². The van der Waals surface area contributed by atoms with Crippen molar-refractivity contribution >= 4 is 27.9 Å². The lowest BCUT2D eigenvalue weighted by atomic mass is 10.0. The SMILES string of the molecule is CN1C(N)=NC(c2cc(/C=C(\F)c3ccc(F)cn3)ccc2F)CS1(=O)=O. The summed E-state index contributed by atoms with van der Waals surface area (Å²) in [7, 11) is -2.48. The molecular weight excluding hydrogens is 381 g/mol. The zero-order chi connectivity index (χ0) is 19.8. The van der Waals surface area contributed by atoms with Crippen molar-refractivity contribution in [1.82, 2.24) is 9.29 Å². The first-order valence-electron chi connectivity index (χ1n) is 7.76. The minimum Gasteiger partial charge on any atom is -0.369 e. The molecule has 0 saturated heterocycles. The number of sulfonamides is 1. The summed E-state index contributed by atoms with van der Waals surface area (Å²) in [6, 6.07) is 4.88. The summed E-state index contributed by atoms with van der Waals surface area (Å²) in [6.45, 7) is 0. The van der Waals surface area contributed by atoms with Gasteiger partial charge >= 0.3 is 0 Å². The molecule has 0 amide bonds. The molecule has 3 rings (SSSR count). The highest BCUT2D eigenvalue weighted by molar-refractivity contribution is 7.89. The third-order valence-corrected chi connectivity index (χ3v) is 5.80.